The number of hydrogen-bond donors (Lipinski definition) is 0. The lowest BCUT2D eigenvalue weighted by atomic mass is 9.49. The van der Waals surface area contributed by atoms with Crippen molar-refractivity contribution in [3.05, 3.63) is 71.3 Å². The molecule has 0 spiro atoms. The summed E-state index contributed by atoms with van der Waals surface area (Å²) in [5.41, 5.74) is 0.902. The number of allylic oxidation sites excluding steroid dienone is 6. The third-order valence-corrected chi connectivity index (χ3v) is 9.49. The van der Waals surface area contributed by atoms with Crippen molar-refractivity contribution in [3.8, 4) is 0 Å². The summed E-state index contributed by atoms with van der Waals surface area (Å²) < 4.78 is 6.19. The zero-order valence-corrected chi connectivity index (χ0v) is 20.7. The zero-order chi connectivity index (χ0) is 24.3. The second kappa shape index (κ2) is 8.05. The monoisotopic (exact) mass is 478 g/mol. The first kappa shape index (κ1) is 23.3. The SMILES string of the molecule is C[C@H]1C[C@@H]2C(=CC[C@@]3(C)[C@H]2CC[C@]3(OC(=O)c2ccccc2)C(=O)CCl)[C@@]2(C)C=CC(=O)C=C12. The van der Waals surface area contributed by atoms with E-state index in [1.807, 2.05) is 12.1 Å². The minimum atomic E-state index is -1.24. The quantitative estimate of drug-likeness (QED) is 0.309. The highest BCUT2D eigenvalue weighted by molar-refractivity contribution is 6.29. The lowest BCUT2D eigenvalue weighted by Gasteiger charge is -2.55. The lowest BCUT2D eigenvalue weighted by Crippen LogP contribution is -2.57. The van der Waals surface area contributed by atoms with Crippen LogP contribution < -0.4 is 0 Å². The van der Waals surface area contributed by atoms with Crippen LogP contribution in [0.3, 0.4) is 0 Å². The van der Waals surface area contributed by atoms with E-state index in [0.717, 1.165) is 12.8 Å². The Hall–Kier alpha value is -2.46. The van der Waals surface area contributed by atoms with Crippen molar-refractivity contribution < 1.29 is 19.1 Å². The number of carbonyl (C=O) groups is 3. The molecule has 1 aromatic rings. The summed E-state index contributed by atoms with van der Waals surface area (Å²) in [6.45, 7) is 6.51. The molecular formula is C29H31ClO4. The van der Waals surface area contributed by atoms with Gasteiger partial charge in [0.1, 0.15) is 0 Å². The predicted molar refractivity (Wildman–Crippen MR) is 131 cm³/mol. The fraction of sp³-hybridized carbons (Fsp3) is 0.483. The first-order valence-electron chi connectivity index (χ1n) is 12.2. The molecule has 34 heavy (non-hydrogen) atoms. The standard InChI is InChI=1S/C29H31ClO4/c1-18-15-21-22(27(2)12-9-20(31)16-24(18)27)10-13-28(3)23(21)11-14-29(28,25(32)17-30)34-26(33)19-7-5-4-6-8-19/h4-10,12,16,18,21,23H,11,13-15,17H2,1-3H3/t18-,21+,23-,27+,28-,29-/m0/s1. The van der Waals surface area contributed by atoms with Crippen molar-refractivity contribution in [3.63, 3.8) is 0 Å². The van der Waals surface area contributed by atoms with Crippen LogP contribution in [0.5, 0.6) is 0 Å². The number of benzene rings is 1. The van der Waals surface area contributed by atoms with Crippen molar-refractivity contribution in [1.82, 2.24) is 0 Å². The van der Waals surface area contributed by atoms with Gasteiger partial charge in [0.15, 0.2) is 17.2 Å². The van der Waals surface area contributed by atoms with Crippen molar-refractivity contribution in [2.75, 3.05) is 5.88 Å². The molecule has 0 unspecified atom stereocenters. The first-order valence-corrected chi connectivity index (χ1v) is 12.7. The van der Waals surface area contributed by atoms with Crippen LogP contribution in [0.25, 0.3) is 0 Å². The smallest absolute Gasteiger partial charge is 0.339 e. The van der Waals surface area contributed by atoms with Gasteiger partial charge in [-0.05, 0) is 80.2 Å². The molecule has 2 fully saturated rings. The molecule has 1 aromatic carbocycles. The lowest BCUT2D eigenvalue weighted by molar-refractivity contribution is -0.151. The van der Waals surface area contributed by atoms with Gasteiger partial charge in [0.05, 0.1) is 11.4 Å². The Kier molecular flexibility index (Phi) is 5.51. The summed E-state index contributed by atoms with van der Waals surface area (Å²) >= 11 is 6.13. The Balaban J connectivity index is 1.56. The Morgan fingerprint density at radius 3 is 2.59 bits per heavy atom. The maximum absolute atomic E-state index is 13.4. The fourth-order valence-corrected chi connectivity index (χ4v) is 7.72. The predicted octanol–water partition coefficient (Wildman–Crippen LogP) is 5.86. The number of hydrogen-bond acceptors (Lipinski definition) is 4. The zero-order valence-electron chi connectivity index (χ0n) is 20.0. The van der Waals surface area contributed by atoms with Crippen LogP contribution in [0.4, 0.5) is 0 Å². The van der Waals surface area contributed by atoms with E-state index < -0.39 is 17.0 Å². The van der Waals surface area contributed by atoms with E-state index in [1.165, 1.54) is 11.1 Å². The first-order chi connectivity index (χ1) is 16.2. The van der Waals surface area contributed by atoms with Crippen molar-refractivity contribution in [1.29, 1.82) is 0 Å². The summed E-state index contributed by atoms with van der Waals surface area (Å²) in [5, 5.41) is 0. The number of Topliss-reactive ketones (excluding diaryl/α,β-unsaturated/α-hetero) is 1. The maximum atomic E-state index is 13.4. The van der Waals surface area contributed by atoms with Gasteiger partial charge in [-0.1, -0.05) is 49.8 Å². The van der Waals surface area contributed by atoms with Gasteiger partial charge >= 0.3 is 5.97 Å². The highest BCUT2D eigenvalue weighted by Gasteiger charge is 2.67. The minimum Gasteiger partial charge on any atom is -0.447 e. The van der Waals surface area contributed by atoms with E-state index in [-0.39, 0.29) is 40.6 Å². The number of ether oxygens (including phenoxy) is 1. The molecule has 0 amide bonds. The van der Waals surface area contributed by atoms with Crippen molar-refractivity contribution in [2.24, 2.45) is 28.6 Å². The molecule has 2 saturated carbocycles. The molecule has 4 aliphatic carbocycles. The van der Waals surface area contributed by atoms with E-state index in [9.17, 15) is 14.4 Å². The van der Waals surface area contributed by atoms with Gasteiger partial charge in [-0.3, -0.25) is 9.59 Å². The molecule has 6 atom stereocenters. The Morgan fingerprint density at radius 2 is 1.88 bits per heavy atom. The highest BCUT2D eigenvalue weighted by atomic mass is 35.5. The van der Waals surface area contributed by atoms with Gasteiger partial charge in [0.25, 0.3) is 0 Å². The number of ketones is 2. The van der Waals surface area contributed by atoms with Crippen LogP contribution in [-0.2, 0) is 14.3 Å². The summed E-state index contributed by atoms with van der Waals surface area (Å²) in [5.74, 6) is -0.104. The molecule has 5 heteroatoms. The molecule has 0 heterocycles. The van der Waals surface area contributed by atoms with Gasteiger partial charge in [0, 0.05) is 10.8 Å². The summed E-state index contributed by atoms with van der Waals surface area (Å²) in [6.07, 6.45) is 10.7. The second-order valence-corrected chi connectivity index (χ2v) is 11.1. The topological polar surface area (TPSA) is 60.4 Å². The van der Waals surface area contributed by atoms with Crippen molar-refractivity contribution >= 4 is 29.1 Å². The van der Waals surface area contributed by atoms with Gasteiger partial charge in [0.2, 0.25) is 0 Å². The van der Waals surface area contributed by atoms with Crippen molar-refractivity contribution in [2.45, 2.75) is 52.1 Å². The molecule has 4 aliphatic rings. The summed E-state index contributed by atoms with van der Waals surface area (Å²) in [6, 6.07) is 8.85. The fourth-order valence-electron chi connectivity index (χ4n) is 7.51. The number of alkyl halides is 1. The van der Waals surface area contributed by atoms with E-state index in [4.69, 9.17) is 16.3 Å². The largest absolute Gasteiger partial charge is 0.447 e. The average Bonchev–Trinajstić information content (AvgIpc) is 3.13. The van der Waals surface area contributed by atoms with Crippen LogP contribution >= 0.6 is 11.6 Å². The third kappa shape index (κ3) is 3.14. The summed E-state index contributed by atoms with van der Waals surface area (Å²) in [4.78, 5) is 38.7. The van der Waals surface area contributed by atoms with E-state index in [1.54, 1.807) is 30.3 Å². The van der Waals surface area contributed by atoms with Crippen LogP contribution in [0.2, 0.25) is 0 Å². The highest BCUT2D eigenvalue weighted by Crippen LogP contribution is 2.66. The van der Waals surface area contributed by atoms with Gasteiger partial charge < -0.3 is 4.74 Å². The average molecular weight is 479 g/mol. The molecule has 5 rings (SSSR count). The number of fused-ring (bicyclic) bond motifs is 5. The van der Waals surface area contributed by atoms with Gasteiger partial charge in [-0.15, -0.1) is 11.6 Å². The van der Waals surface area contributed by atoms with Crippen LogP contribution in [0.1, 0.15) is 56.8 Å². The maximum Gasteiger partial charge on any atom is 0.339 e. The normalized spacial score (nSPS) is 38.2. The molecule has 0 N–H and O–H groups in total. The Bertz CT molecular complexity index is 1150. The van der Waals surface area contributed by atoms with E-state index in [0.29, 0.717) is 18.4 Å². The van der Waals surface area contributed by atoms with Crippen LogP contribution in [-0.4, -0.2) is 29.0 Å². The Labute approximate surface area is 206 Å². The minimum absolute atomic E-state index is 0.0550. The van der Waals surface area contributed by atoms with Gasteiger partial charge in [-0.2, -0.15) is 0 Å². The number of carbonyl (C=O) groups excluding carboxylic acids is 3. The second-order valence-electron chi connectivity index (χ2n) is 10.8. The van der Waals surface area contributed by atoms with Gasteiger partial charge in [-0.25, -0.2) is 4.79 Å². The summed E-state index contributed by atoms with van der Waals surface area (Å²) in [7, 11) is 0. The van der Waals surface area contributed by atoms with E-state index >= 15 is 0 Å². The molecule has 0 bridgehead atoms. The number of rotatable bonds is 4. The van der Waals surface area contributed by atoms with E-state index in [2.05, 4.69) is 32.9 Å². The molecular weight excluding hydrogens is 448 g/mol. The molecule has 0 aromatic heterocycles. The molecule has 0 aliphatic heterocycles. The number of halogens is 1. The number of esters is 1. The third-order valence-electron chi connectivity index (χ3n) is 9.24. The molecule has 178 valence electrons. The van der Waals surface area contributed by atoms with Crippen LogP contribution in [0.15, 0.2) is 65.8 Å². The molecule has 0 saturated heterocycles. The van der Waals surface area contributed by atoms with Crippen LogP contribution in [0, 0.1) is 28.6 Å². The molecule has 4 nitrogen and oxygen atoms in total. The Morgan fingerprint density at radius 1 is 1.15 bits per heavy atom. The molecule has 0 radical (unpaired) electrons.